The van der Waals surface area contributed by atoms with E-state index in [0.29, 0.717) is 0 Å². The van der Waals surface area contributed by atoms with Crippen LogP contribution >= 0.6 is 0 Å². The van der Waals surface area contributed by atoms with Gasteiger partial charge in [-0.3, -0.25) is 4.98 Å². The fourth-order valence-corrected chi connectivity index (χ4v) is 2.30. The van der Waals surface area contributed by atoms with Crippen LogP contribution in [0.4, 0.5) is 5.95 Å². The van der Waals surface area contributed by atoms with Crippen LogP contribution in [-0.4, -0.2) is 14.5 Å². The normalized spacial score (nSPS) is 10.8. The zero-order chi connectivity index (χ0) is 14.4. The summed E-state index contributed by atoms with van der Waals surface area (Å²) in [6.45, 7) is 8.14. The first-order valence-electron chi connectivity index (χ1n) is 7.45. The highest BCUT2D eigenvalue weighted by Crippen LogP contribution is 2.13. The van der Waals surface area contributed by atoms with Crippen LogP contribution in [0.5, 0.6) is 0 Å². The highest BCUT2D eigenvalue weighted by atomic mass is 15.2. The molecule has 0 aliphatic carbocycles. The third kappa shape index (κ3) is 3.59. The molecule has 2 aromatic heterocycles. The molecule has 0 saturated heterocycles. The number of pyridine rings is 1. The van der Waals surface area contributed by atoms with Gasteiger partial charge in [-0.2, -0.15) is 0 Å². The molecule has 0 saturated carbocycles. The van der Waals surface area contributed by atoms with E-state index >= 15 is 0 Å². The summed E-state index contributed by atoms with van der Waals surface area (Å²) in [5.74, 6) is 0.948. The Morgan fingerprint density at radius 3 is 2.90 bits per heavy atom. The third-order valence-corrected chi connectivity index (χ3v) is 3.43. The molecule has 0 fully saturated rings. The molecule has 0 radical (unpaired) electrons. The van der Waals surface area contributed by atoms with Crippen molar-refractivity contribution in [1.29, 1.82) is 0 Å². The zero-order valence-corrected chi connectivity index (χ0v) is 12.7. The van der Waals surface area contributed by atoms with Crippen molar-refractivity contribution in [2.45, 2.75) is 53.1 Å². The highest BCUT2D eigenvalue weighted by Gasteiger charge is 2.07. The Hall–Kier alpha value is -1.84. The standard InChI is InChI=1S/C16H24N4/c1-4-6-10-20-12-13(3)19-16(20)18-11-15-14(5-2)8-7-9-17-15/h7-9,12H,4-6,10-11H2,1-3H3,(H,18,19). The van der Waals surface area contributed by atoms with Crippen LogP contribution in [-0.2, 0) is 19.5 Å². The molecular formula is C16H24N4. The molecule has 0 aromatic carbocycles. The van der Waals surface area contributed by atoms with Crippen molar-refractivity contribution in [1.82, 2.24) is 14.5 Å². The van der Waals surface area contributed by atoms with Crippen LogP contribution in [0.3, 0.4) is 0 Å². The van der Waals surface area contributed by atoms with E-state index in [9.17, 15) is 0 Å². The minimum absolute atomic E-state index is 0.729. The van der Waals surface area contributed by atoms with Crippen molar-refractivity contribution in [3.05, 3.63) is 41.5 Å². The largest absolute Gasteiger partial charge is 0.350 e. The Morgan fingerprint density at radius 1 is 1.30 bits per heavy atom. The van der Waals surface area contributed by atoms with Gasteiger partial charge in [0.25, 0.3) is 0 Å². The van der Waals surface area contributed by atoms with Crippen LogP contribution in [0.25, 0.3) is 0 Å². The second-order valence-electron chi connectivity index (χ2n) is 5.07. The first kappa shape index (κ1) is 14.6. The molecule has 20 heavy (non-hydrogen) atoms. The van der Waals surface area contributed by atoms with Gasteiger partial charge in [-0.15, -0.1) is 0 Å². The topological polar surface area (TPSA) is 42.7 Å². The minimum Gasteiger partial charge on any atom is -0.350 e. The molecule has 0 amide bonds. The number of rotatable bonds is 7. The summed E-state index contributed by atoms with van der Waals surface area (Å²) in [4.78, 5) is 9.02. The Balaban J connectivity index is 2.06. The molecule has 0 unspecified atom stereocenters. The van der Waals surface area contributed by atoms with Gasteiger partial charge in [0.05, 0.1) is 17.9 Å². The lowest BCUT2D eigenvalue weighted by molar-refractivity contribution is 0.634. The van der Waals surface area contributed by atoms with E-state index in [-0.39, 0.29) is 0 Å². The Morgan fingerprint density at radius 2 is 2.15 bits per heavy atom. The number of hydrogen-bond acceptors (Lipinski definition) is 3. The van der Waals surface area contributed by atoms with E-state index in [1.54, 1.807) is 0 Å². The SMILES string of the molecule is CCCCn1cc(C)nc1NCc1ncccc1CC. The van der Waals surface area contributed by atoms with Gasteiger partial charge in [0, 0.05) is 18.9 Å². The van der Waals surface area contributed by atoms with Gasteiger partial charge in [-0.1, -0.05) is 26.3 Å². The van der Waals surface area contributed by atoms with E-state index in [2.05, 4.69) is 46.0 Å². The summed E-state index contributed by atoms with van der Waals surface area (Å²) in [5, 5.41) is 3.42. The maximum absolute atomic E-state index is 4.56. The van der Waals surface area contributed by atoms with E-state index in [1.165, 1.54) is 18.4 Å². The van der Waals surface area contributed by atoms with Crippen LogP contribution in [0.15, 0.2) is 24.5 Å². The van der Waals surface area contributed by atoms with Gasteiger partial charge in [0.1, 0.15) is 0 Å². The van der Waals surface area contributed by atoms with Crippen LogP contribution < -0.4 is 5.32 Å². The van der Waals surface area contributed by atoms with E-state index < -0.39 is 0 Å². The predicted octanol–water partition coefficient (Wildman–Crippen LogP) is 3.56. The van der Waals surface area contributed by atoms with Crippen molar-refractivity contribution in [3.8, 4) is 0 Å². The molecule has 0 spiro atoms. The van der Waals surface area contributed by atoms with Gasteiger partial charge in [-0.25, -0.2) is 4.98 Å². The maximum atomic E-state index is 4.56. The molecule has 0 aliphatic rings. The van der Waals surface area contributed by atoms with Crippen molar-refractivity contribution >= 4 is 5.95 Å². The van der Waals surface area contributed by atoms with Crippen molar-refractivity contribution in [2.75, 3.05) is 5.32 Å². The predicted molar refractivity (Wildman–Crippen MR) is 82.8 cm³/mol. The molecule has 4 nitrogen and oxygen atoms in total. The molecule has 2 aromatic rings. The zero-order valence-electron chi connectivity index (χ0n) is 12.7. The lowest BCUT2D eigenvalue weighted by atomic mass is 10.1. The van der Waals surface area contributed by atoms with E-state index in [0.717, 1.165) is 36.8 Å². The van der Waals surface area contributed by atoms with E-state index in [4.69, 9.17) is 0 Å². The summed E-state index contributed by atoms with van der Waals surface area (Å²) < 4.78 is 2.20. The molecule has 2 heterocycles. The van der Waals surface area contributed by atoms with Gasteiger partial charge in [0.15, 0.2) is 0 Å². The quantitative estimate of drug-likeness (QED) is 0.838. The maximum Gasteiger partial charge on any atom is 0.203 e. The van der Waals surface area contributed by atoms with Crippen molar-refractivity contribution in [2.24, 2.45) is 0 Å². The fraction of sp³-hybridized carbons (Fsp3) is 0.500. The fourth-order valence-electron chi connectivity index (χ4n) is 2.30. The number of anilines is 1. The van der Waals surface area contributed by atoms with Gasteiger partial charge < -0.3 is 9.88 Å². The van der Waals surface area contributed by atoms with Gasteiger partial charge >= 0.3 is 0 Å². The average molecular weight is 272 g/mol. The Bertz CT molecular complexity index is 545. The number of imidazole rings is 1. The summed E-state index contributed by atoms with van der Waals surface area (Å²) in [6.07, 6.45) is 7.33. The second-order valence-corrected chi connectivity index (χ2v) is 5.07. The molecule has 0 aliphatic heterocycles. The molecule has 1 N–H and O–H groups in total. The first-order valence-corrected chi connectivity index (χ1v) is 7.45. The molecular weight excluding hydrogens is 248 g/mol. The van der Waals surface area contributed by atoms with Crippen LogP contribution in [0, 0.1) is 6.92 Å². The average Bonchev–Trinajstić information content (AvgIpc) is 2.83. The molecule has 0 atom stereocenters. The highest BCUT2D eigenvalue weighted by molar-refractivity contribution is 5.31. The number of aryl methyl sites for hydroxylation is 3. The number of unbranched alkanes of at least 4 members (excludes halogenated alkanes) is 1. The summed E-state index contributed by atoms with van der Waals surface area (Å²) in [6, 6.07) is 4.13. The van der Waals surface area contributed by atoms with Crippen LogP contribution in [0.2, 0.25) is 0 Å². The monoisotopic (exact) mass is 272 g/mol. The van der Waals surface area contributed by atoms with Gasteiger partial charge in [-0.05, 0) is 31.4 Å². The minimum atomic E-state index is 0.729. The number of nitrogens with one attached hydrogen (secondary N) is 1. The molecule has 0 bridgehead atoms. The Kier molecular flexibility index (Phi) is 5.16. The van der Waals surface area contributed by atoms with Crippen molar-refractivity contribution < 1.29 is 0 Å². The third-order valence-electron chi connectivity index (χ3n) is 3.43. The van der Waals surface area contributed by atoms with Crippen LogP contribution in [0.1, 0.15) is 43.6 Å². The summed E-state index contributed by atoms with van der Waals surface area (Å²) in [5.41, 5.74) is 3.46. The summed E-state index contributed by atoms with van der Waals surface area (Å²) in [7, 11) is 0. The molecule has 2 rings (SSSR count). The number of nitrogens with zero attached hydrogens (tertiary/aromatic N) is 3. The second kappa shape index (κ2) is 7.08. The molecule has 108 valence electrons. The first-order chi connectivity index (χ1) is 9.74. The Labute approximate surface area is 121 Å². The van der Waals surface area contributed by atoms with E-state index in [1.807, 2.05) is 19.2 Å². The van der Waals surface area contributed by atoms with Crippen molar-refractivity contribution in [3.63, 3.8) is 0 Å². The lowest BCUT2D eigenvalue weighted by Crippen LogP contribution is -2.10. The number of hydrogen-bond donors (Lipinski definition) is 1. The van der Waals surface area contributed by atoms with Gasteiger partial charge in [0.2, 0.25) is 5.95 Å². The smallest absolute Gasteiger partial charge is 0.203 e. The number of aromatic nitrogens is 3. The summed E-state index contributed by atoms with van der Waals surface area (Å²) >= 11 is 0. The molecule has 4 heteroatoms. The lowest BCUT2D eigenvalue weighted by Gasteiger charge is -2.10.